The molecule has 1 atom stereocenters. The topological polar surface area (TPSA) is 49.4 Å². The molecule has 0 bridgehead atoms. The molecular weight excluding hydrogens is 440 g/mol. The summed E-state index contributed by atoms with van der Waals surface area (Å²) in [4.78, 5) is 0.364. The predicted octanol–water partition coefficient (Wildman–Crippen LogP) is 3.82. The zero-order chi connectivity index (χ0) is 15.5. The fraction of sp³-hybridized carbons (Fsp3) is 0.692. The first-order valence-electron chi connectivity index (χ1n) is 7.13. The van der Waals surface area contributed by atoms with Crippen LogP contribution in [0.5, 0.6) is 0 Å². The van der Waals surface area contributed by atoms with Crippen LogP contribution in [0.1, 0.15) is 32.6 Å². The van der Waals surface area contributed by atoms with Crippen LogP contribution in [0.3, 0.4) is 0 Å². The second-order valence-electron chi connectivity index (χ2n) is 5.20. The van der Waals surface area contributed by atoms with Crippen molar-refractivity contribution < 1.29 is 8.42 Å². The van der Waals surface area contributed by atoms with Gasteiger partial charge in [-0.1, -0.05) is 13.3 Å². The van der Waals surface area contributed by atoms with E-state index in [0.29, 0.717) is 21.8 Å². The summed E-state index contributed by atoms with van der Waals surface area (Å²) in [5.41, 5.74) is 0. The van der Waals surface area contributed by atoms with Gasteiger partial charge < -0.3 is 5.32 Å². The van der Waals surface area contributed by atoms with E-state index < -0.39 is 10.0 Å². The Labute approximate surface area is 147 Å². The van der Waals surface area contributed by atoms with Gasteiger partial charge in [0.25, 0.3) is 0 Å². The van der Waals surface area contributed by atoms with Gasteiger partial charge in [-0.2, -0.15) is 4.31 Å². The molecule has 1 saturated heterocycles. The lowest BCUT2D eigenvalue weighted by molar-refractivity contribution is 0.312. The van der Waals surface area contributed by atoms with Crippen LogP contribution in [0.4, 0.5) is 0 Å². The maximum Gasteiger partial charge on any atom is 0.245 e. The predicted molar refractivity (Wildman–Crippen MR) is 94.4 cm³/mol. The number of nitrogens with zero attached hydrogens (tertiary/aromatic N) is 1. The zero-order valence-electron chi connectivity index (χ0n) is 11.9. The van der Waals surface area contributed by atoms with Gasteiger partial charge in [0.05, 0.1) is 7.57 Å². The molecule has 2 heterocycles. The fourth-order valence-electron chi connectivity index (χ4n) is 2.52. The molecule has 0 radical (unpaired) electrons. The third-order valence-electron chi connectivity index (χ3n) is 3.55. The van der Waals surface area contributed by atoms with Crippen molar-refractivity contribution in [2.24, 2.45) is 0 Å². The third kappa shape index (κ3) is 4.51. The van der Waals surface area contributed by atoms with Gasteiger partial charge in [-0.05, 0) is 63.7 Å². The first kappa shape index (κ1) is 17.9. The normalized spacial score (nSPS) is 20.1. The molecule has 1 aromatic rings. The van der Waals surface area contributed by atoms with Gasteiger partial charge in [0, 0.05) is 19.1 Å². The highest BCUT2D eigenvalue weighted by atomic mass is 79.9. The average molecular weight is 460 g/mol. The van der Waals surface area contributed by atoms with Crippen LogP contribution in [0, 0.1) is 0 Å². The fourth-order valence-corrected chi connectivity index (χ4v) is 7.86. The van der Waals surface area contributed by atoms with Crippen LogP contribution in [-0.2, 0) is 10.0 Å². The van der Waals surface area contributed by atoms with Crippen LogP contribution < -0.4 is 5.32 Å². The number of sulfonamides is 1. The van der Waals surface area contributed by atoms with Crippen molar-refractivity contribution >= 4 is 53.2 Å². The van der Waals surface area contributed by atoms with E-state index in [1.165, 1.54) is 24.2 Å². The molecule has 1 fully saturated rings. The van der Waals surface area contributed by atoms with E-state index in [4.69, 9.17) is 0 Å². The maximum absolute atomic E-state index is 12.9. The molecule has 0 aliphatic carbocycles. The first-order chi connectivity index (χ1) is 9.95. The van der Waals surface area contributed by atoms with Crippen molar-refractivity contribution in [3.05, 3.63) is 13.6 Å². The lowest BCUT2D eigenvalue weighted by Gasteiger charge is -2.29. The number of halogens is 2. The number of rotatable bonds is 6. The number of hydrogen-bond donors (Lipinski definition) is 1. The van der Waals surface area contributed by atoms with Crippen LogP contribution in [-0.4, -0.2) is 38.4 Å². The van der Waals surface area contributed by atoms with Crippen molar-refractivity contribution in [3.63, 3.8) is 0 Å². The smallest absolute Gasteiger partial charge is 0.245 e. The largest absolute Gasteiger partial charge is 0.313 e. The Bertz CT molecular complexity index is 569. The molecule has 1 aliphatic rings. The Morgan fingerprint density at radius 3 is 2.71 bits per heavy atom. The summed E-state index contributed by atoms with van der Waals surface area (Å²) in [6, 6.07) is 1.95. The van der Waals surface area contributed by atoms with E-state index in [9.17, 15) is 8.42 Å². The van der Waals surface area contributed by atoms with Gasteiger partial charge >= 0.3 is 0 Å². The quantitative estimate of drug-likeness (QED) is 0.703. The molecule has 1 aliphatic heterocycles. The summed E-state index contributed by atoms with van der Waals surface area (Å²) in [5.74, 6) is 0. The summed E-state index contributed by atoms with van der Waals surface area (Å²) in [5, 5.41) is 3.43. The maximum atomic E-state index is 12.9. The summed E-state index contributed by atoms with van der Waals surface area (Å²) >= 11 is 8.11. The van der Waals surface area contributed by atoms with Crippen LogP contribution in [0.2, 0.25) is 0 Å². The van der Waals surface area contributed by atoms with E-state index in [1.54, 1.807) is 10.4 Å². The van der Waals surface area contributed by atoms with Crippen molar-refractivity contribution in [2.45, 2.75) is 43.5 Å². The molecule has 0 saturated carbocycles. The van der Waals surface area contributed by atoms with E-state index in [0.717, 1.165) is 23.2 Å². The van der Waals surface area contributed by atoms with Gasteiger partial charge in [-0.25, -0.2) is 8.42 Å². The molecule has 21 heavy (non-hydrogen) atoms. The second kappa shape index (κ2) is 7.88. The van der Waals surface area contributed by atoms with Crippen LogP contribution >= 0.6 is 43.2 Å². The van der Waals surface area contributed by atoms with Crippen molar-refractivity contribution in [1.29, 1.82) is 0 Å². The van der Waals surface area contributed by atoms with Crippen molar-refractivity contribution in [1.82, 2.24) is 9.62 Å². The molecule has 1 unspecified atom stereocenters. The van der Waals surface area contributed by atoms with Crippen molar-refractivity contribution in [3.8, 4) is 0 Å². The average Bonchev–Trinajstić information content (AvgIpc) is 2.79. The minimum atomic E-state index is -3.45. The molecule has 0 aromatic carbocycles. The molecule has 1 N–H and O–H groups in total. The Hall–Kier alpha value is 0.530. The summed E-state index contributed by atoms with van der Waals surface area (Å²) in [6.07, 6.45) is 4.21. The van der Waals surface area contributed by atoms with Gasteiger partial charge in [-0.3, -0.25) is 0 Å². The molecule has 2 rings (SSSR count). The lowest BCUT2D eigenvalue weighted by atomic mass is 10.1. The Morgan fingerprint density at radius 1 is 1.43 bits per heavy atom. The Kier molecular flexibility index (Phi) is 6.71. The van der Waals surface area contributed by atoms with E-state index in [1.807, 2.05) is 6.92 Å². The highest BCUT2D eigenvalue weighted by Gasteiger charge is 2.30. The molecule has 120 valence electrons. The third-order valence-corrected chi connectivity index (χ3v) is 8.17. The SMILES string of the molecule is CCCN(CC1CCCCN1)S(=O)(=O)c1cc(Br)sc1Br. The minimum absolute atomic E-state index is 0.265. The van der Waals surface area contributed by atoms with Gasteiger partial charge in [0.1, 0.15) is 4.90 Å². The minimum Gasteiger partial charge on any atom is -0.313 e. The van der Waals surface area contributed by atoms with Crippen LogP contribution in [0.25, 0.3) is 0 Å². The summed E-state index contributed by atoms with van der Waals surface area (Å²) < 4.78 is 28.9. The summed E-state index contributed by atoms with van der Waals surface area (Å²) in [6.45, 7) is 4.10. The zero-order valence-corrected chi connectivity index (χ0v) is 16.7. The van der Waals surface area contributed by atoms with E-state index in [-0.39, 0.29) is 6.04 Å². The van der Waals surface area contributed by atoms with Gasteiger partial charge in [-0.15, -0.1) is 11.3 Å². The van der Waals surface area contributed by atoms with E-state index in [2.05, 4.69) is 37.2 Å². The van der Waals surface area contributed by atoms with Crippen molar-refractivity contribution in [2.75, 3.05) is 19.6 Å². The van der Waals surface area contributed by atoms with E-state index >= 15 is 0 Å². The lowest BCUT2D eigenvalue weighted by Crippen LogP contribution is -2.46. The molecular formula is C13H20Br2N2O2S2. The summed E-state index contributed by atoms with van der Waals surface area (Å²) in [7, 11) is -3.45. The monoisotopic (exact) mass is 458 g/mol. The van der Waals surface area contributed by atoms with Gasteiger partial charge in [0.15, 0.2) is 0 Å². The molecule has 8 heteroatoms. The molecule has 0 amide bonds. The highest BCUT2D eigenvalue weighted by molar-refractivity contribution is 9.12. The standard InChI is InChI=1S/C13H20Br2N2O2S2/c1-2-7-17(9-10-5-3-4-6-16-10)21(18,19)11-8-12(14)20-13(11)15/h8,10,16H,2-7,9H2,1H3. The second-order valence-corrected chi connectivity index (χ2v) is 10.9. The molecule has 4 nitrogen and oxygen atoms in total. The highest BCUT2D eigenvalue weighted by Crippen LogP contribution is 2.36. The number of thiophene rings is 1. The number of nitrogens with one attached hydrogen (secondary N) is 1. The van der Waals surface area contributed by atoms with Gasteiger partial charge in [0.2, 0.25) is 10.0 Å². The first-order valence-corrected chi connectivity index (χ1v) is 11.0. The molecule has 1 aromatic heterocycles. The number of hydrogen-bond acceptors (Lipinski definition) is 4. The molecule has 0 spiro atoms. The number of piperidine rings is 1. The Balaban J connectivity index is 2.21. The Morgan fingerprint density at radius 2 is 2.19 bits per heavy atom. The van der Waals surface area contributed by atoms with Crippen LogP contribution in [0.15, 0.2) is 18.5 Å².